The highest BCUT2D eigenvalue weighted by molar-refractivity contribution is 5.90. The van der Waals surface area contributed by atoms with Crippen LogP contribution >= 0.6 is 0 Å². The van der Waals surface area contributed by atoms with Crippen molar-refractivity contribution in [3.63, 3.8) is 0 Å². The van der Waals surface area contributed by atoms with Crippen LogP contribution in [0.5, 0.6) is 5.75 Å². The van der Waals surface area contributed by atoms with Gasteiger partial charge in [0.2, 0.25) is 11.8 Å². The number of ether oxygens (including phenoxy) is 1. The van der Waals surface area contributed by atoms with Crippen LogP contribution in [0.15, 0.2) is 54.6 Å². The third-order valence-corrected chi connectivity index (χ3v) is 7.96. The molecule has 0 spiro atoms. The Morgan fingerprint density at radius 1 is 0.952 bits per heavy atom. The van der Waals surface area contributed by atoms with Crippen LogP contribution in [0, 0.1) is 5.92 Å². The van der Waals surface area contributed by atoms with Crippen molar-refractivity contribution < 1.29 is 24.2 Å². The van der Waals surface area contributed by atoms with Gasteiger partial charge in [0.1, 0.15) is 30.2 Å². The van der Waals surface area contributed by atoms with Crippen LogP contribution in [0.3, 0.4) is 0 Å². The van der Waals surface area contributed by atoms with Crippen LogP contribution in [0.4, 0.5) is 0 Å². The largest absolute Gasteiger partial charge is 0.492 e. The Balaban J connectivity index is 1.61. The predicted molar refractivity (Wildman–Crippen MR) is 164 cm³/mol. The van der Waals surface area contributed by atoms with E-state index in [0.29, 0.717) is 19.6 Å². The molecule has 1 saturated carbocycles. The van der Waals surface area contributed by atoms with Gasteiger partial charge in [0.15, 0.2) is 0 Å². The van der Waals surface area contributed by atoms with Gasteiger partial charge in [0.25, 0.3) is 0 Å². The number of Topliss-reactive ketones (excluding diaryl/α,β-unsaturated/α-hetero) is 1. The van der Waals surface area contributed by atoms with Crippen LogP contribution in [0.25, 0.3) is 0 Å². The number of para-hydroxylation sites is 1. The Hall–Kier alpha value is -3.27. The number of hydrogen-bond acceptors (Lipinski definition) is 7. The van der Waals surface area contributed by atoms with E-state index in [4.69, 9.17) is 4.74 Å². The summed E-state index contributed by atoms with van der Waals surface area (Å²) < 4.78 is 6.14. The van der Waals surface area contributed by atoms with Gasteiger partial charge in [-0.2, -0.15) is 0 Å². The minimum Gasteiger partial charge on any atom is -0.492 e. The van der Waals surface area contributed by atoms with Crippen LogP contribution in [0.1, 0.15) is 64.0 Å². The number of nitrogens with one attached hydrogen (secondary N) is 4. The van der Waals surface area contributed by atoms with E-state index in [1.165, 1.54) is 6.92 Å². The molecule has 6 atom stereocenters. The normalized spacial score (nSPS) is 19.5. The summed E-state index contributed by atoms with van der Waals surface area (Å²) in [7, 11) is 1.61. The van der Waals surface area contributed by atoms with Crippen molar-refractivity contribution in [1.82, 2.24) is 21.3 Å². The number of benzene rings is 2. The van der Waals surface area contributed by atoms with E-state index in [0.717, 1.165) is 36.1 Å². The van der Waals surface area contributed by atoms with Gasteiger partial charge >= 0.3 is 0 Å². The zero-order chi connectivity index (χ0) is 30.6. The van der Waals surface area contributed by atoms with Gasteiger partial charge in [-0.25, -0.2) is 0 Å². The second-order valence-corrected chi connectivity index (χ2v) is 11.6. The molecule has 0 radical (unpaired) electrons. The number of amides is 2. The summed E-state index contributed by atoms with van der Waals surface area (Å²) in [6.07, 6.45) is 1.93. The van der Waals surface area contributed by atoms with Crippen LogP contribution in [-0.2, 0) is 20.8 Å². The molecule has 9 heteroatoms. The standard InChI is InChI=1S/C33H48N4O5/c1-21(2)30(22(3)38)35-17-18-42-29-14-10-9-13-27(29)25-15-16-26(20-25)36-32(40)28(19-24-11-7-6-8-12-24)37-33(41)31(34-5)23(4)39/h6-14,21,23,25-26,28,30-31,34-35,39H,15-20H2,1-5H3,(H,36,40)(H,37,41). The van der Waals surface area contributed by atoms with Crippen molar-refractivity contribution in [2.45, 2.75) is 89.6 Å². The van der Waals surface area contributed by atoms with Gasteiger partial charge in [-0.3, -0.25) is 14.4 Å². The van der Waals surface area contributed by atoms with Crippen LogP contribution < -0.4 is 26.0 Å². The summed E-state index contributed by atoms with van der Waals surface area (Å²) in [6.45, 7) is 8.21. The van der Waals surface area contributed by atoms with Gasteiger partial charge in [0.05, 0.1) is 12.1 Å². The van der Waals surface area contributed by atoms with Crippen LogP contribution in [0.2, 0.25) is 0 Å². The molecule has 1 fully saturated rings. The third kappa shape index (κ3) is 9.64. The maximum Gasteiger partial charge on any atom is 0.243 e. The highest BCUT2D eigenvalue weighted by Crippen LogP contribution is 2.39. The first-order valence-electron chi connectivity index (χ1n) is 15.1. The van der Waals surface area contributed by atoms with Crippen molar-refractivity contribution in [2.75, 3.05) is 20.2 Å². The zero-order valence-electron chi connectivity index (χ0n) is 25.6. The smallest absolute Gasteiger partial charge is 0.243 e. The molecule has 0 aliphatic heterocycles. The molecule has 2 aromatic carbocycles. The summed E-state index contributed by atoms with van der Waals surface area (Å²) >= 11 is 0. The monoisotopic (exact) mass is 580 g/mol. The lowest BCUT2D eigenvalue weighted by Gasteiger charge is -2.25. The SMILES string of the molecule is CNC(C(=O)NC(Cc1ccccc1)C(=O)NC1CCC(c2ccccc2OCCNC(C(C)=O)C(C)C)C1)C(C)O. The second-order valence-electron chi connectivity index (χ2n) is 11.6. The Kier molecular flexibility index (Phi) is 13.0. The van der Waals surface area contributed by atoms with Crippen molar-refractivity contribution in [3.05, 3.63) is 65.7 Å². The average molecular weight is 581 g/mol. The maximum absolute atomic E-state index is 13.5. The molecule has 6 unspecified atom stereocenters. The molecule has 9 nitrogen and oxygen atoms in total. The molecule has 0 heterocycles. The number of rotatable bonds is 16. The fourth-order valence-electron chi connectivity index (χ4n) is 5.78. The van der Waals surface area contributed by atoms with Gasteiger partial charge in [0, 0.05) is 19.0 Å². The molecule has 1 aliphatic carbocycles. The molecule has 1 aliphatic rings. The summed E-state index contributed by atoms with van der Waals surface area (Å²) in [5.74, 6) is 0.733. The fraction of sp³-hybridized carbons (Fsp3) is 0.545. The van der Waals surface area contributed by atoms with Gasteiger partial charge in [-0.15, -0.1) is 0 Å². The van der Waals surface area contributed by atoms with E-state index in [-0.39, 0.29) is 35.6 Å². The number of aliphatic hydroxyl groups is 1. The topological polar surface area (TPSA) is 129 Å². The number of carbonyl (C=O) groups excluding carboxylic acids is 3. The highest BCUT2D eigenvalue weighted by atomic mass is 16.5. The molecule has 42 heavy (non-hydrogen) atoms. The molecule has 3 rings (SSSR count). The molecule has 230 valence electrons. The molecule has 0 bridgehead atoms. The van der Waals surface area contributed by atoms with Crippen molar-refractivity contribution in [2.24, 2.45) is 5.92 Å². The quantitative estimate of drug-likeness (QED) is 0.193. The fourth-order valence-corrected chi connectivity index (χ4v) is 5.78. The summed E-state index contributed by atoms with van der Waals surface area (Å²) in [4.78, 5) is 38.3. The number of ketones is 1. The van der Waals surface area contributed by atoms with Crippen molar-refractivity contribution >= 4 is 17.6 Å². The highest BCUT2D eigenvalue weighted by Gasteiger charge is 2.32. The van der Waals surface area contributed by atoms with Crippen LogP contribution in [-0.4, -0.2) is 73.2 Å². The molecule has 5 N–H and O–H groups in total. The first kappa shape index (κ1) is 33.2. The molecule has 2 amide bonds. The van der Waals surface area contributed by atoms with E-state index in [9.17, 15) is 19.5 Å². The third-order valence-electron chi connectivity index (χ3n) is 7.96. The molecular weight excluding hydrogens is 532 g/mol. The lowest BCUT2D eigenvalue weighted by Crippen LogP contribution is -2.56. The molecule has 0 saturated heterocycles. The van der Waals surface area contributed by atoms with E-state index in [2.05, 4.69) is 27.3 Å². The Bertz CT molecular complexity index is 1160. The van der Waals surface area contributed by atoms with Gasteiger partial charge in [-0.05, 0) is 69.2 Å². The maximum atomic E-state index is 13.5. The Morgan fingerprint density at radius 2 is 1.64 bits per heavy atom. The summed E-state index contributed by atoms with van der Waals surface area (Å²) in [6, 6.07) is 15.8. The second kappa shape index (κ2) is 16.4. The average Bonchev–Trinajstić information content (AvgIpc) is 3.41. The van der Waals surface area contributed by atoms with Crippen molar-refractivity contribution in [3.8, 4) is 5.75 Å². The Morgan fingerprint density at radius 3 is 2.29 bits per heavy atom. The van der Waals surface area contributed by atoms with E-state index in [1.807, 2.05) is 62.4 Å². The lowest BCUT2D eigenvalue weighted by atomic mass is 9.96. The zero-order valence-corrected chi connectivity index (χ0v) is 25.6. The van der Waals surface area contributed by atoms with Gasteiger partial charge in [-0.1, -0.05) is 62.4 Å². The first-order chi connectivity index (χ1) is 20.1. The number of aliphatic hydroxyl groups excluding tert-OH is 1. The summed E-state index contributed by atoms with van der Waals surface area (Å²) in [5, 5.41) is 22.1. The minimum absolute atomic E-state index is 0.0355. The number of carbonyl (C=O) groups is 3. The molecule has 2 aromatic rings. The predicted octanol–water partition coefficient (Wildman–Crippen LogP) is 2.72. The lowest BCUT2D eigenvalue weighted by molar-refractivity contribution is -0.131. The molecular formula is C33H48N4O5. The molecule has 0 aromatic heterocycles. The first-order valence-corrected chi connectivity index (χ1v) is 15.1. The van der Waals surface area contributed by atoms with E-state index >= 15 is 0 Å². The van der Waals surface area contributed by atoms with Crippen molar-refractivity contribution in [1.29, 1.82) is 0 Å². The Labute approximate surface area is 250 Å². The summed E-state index contributed by atoms with van der Waals surface area (Å²) in [5.41, 5.74) is 2.05. The minimum atomic E-state index is -0.908. The number of hydrogen-bond donors (Lipinski definition) is 5. The number of likely N-dealkylation sites (N-methyl/N-ethyl adjacent to an activating group) is 1. The van der Waals surface area contributed by atoms with E-state index in [1.54, 1.807) is 14.0 Å². The van der Waals surface area contributed by atoms with Gasteiger partial charge < -0.3 is 31.1 Å². The van der Waals surface area contributed by atoms with E-state index < -0.39 is 24.1 Å².